The van der Waals surface area contributed by atoms with Crippen LogP contribution in [0.2, 0.25) is 5.15 Å². The minimum Gasteiger partial charge on any atom is -0.330 e. The third kappa shape index (κ3) is 2.30. The molecule has 2 aromatic rings. The lowest BCUT2D eigenvalue weighted by Crippen LogP contribution is -1.95. The van der Waals surface area contributed by atoms with E-state index in [1.54, 1.807) is 0 Å². The van der Waals surface area contributed by atoms with Crippen molar-refractivity contribution in [1.29, 1.82) is 0 Å². The van der Waals surface area contributed by atoms with Crippen molar-refractivity contribution >= 4 is 22.5 Å². The van der Waals surface area contributed by atoms with E-state index in [-0.39, 0.29) is 0 Å². The second-order valence-electron chi connectivity index (χ2n) is 3.24. The molecule has 3 nitrogen and oxygen atoms in total. The molecule has 0 aliphatic carbocycles. The molecule has 2 N–H and O–H groups in total. The second kappa shape index (κ2) is 4.93. The second-order valence-corrected chi connectivity index (χ2v) is 3.59. The van der Waals surface area contributed by atoms with Crippen molar-refractivity contribution in [2.24, 2.45) is 5.73 Å². The van der Waals surface area contributed by atoms with Gasteiger partial charge in [-0.2, -0.15) is 0 Å². The molecule has 0 aliphatic heterocycles. The maximum Gasteiger partial charge on any atom is 0.140 e. The van der Waals surface area contributed by atoms with Crippen molar-refractivity contribution in [3.05, 3.63) is 35.2 Å². The summed E-state index contributed by atoms with van der Waals surface area (Å²) in [6, 6.07) is 5.69. The van der Waals surface area contributed by atoms with Gasteiger partial charge in [0.05, 0.1) is 5.52 Å². The van der Waals surface area contributed by atoms with Crippen LogP contribution in [0, 0.1) is 11.8 Å². The van der Waals surface area contributed by atoms with Gasteiger partial charge in [0.1, 0.15) is 11.5 Å². The van der Waals surface area contributed by atoms with E-state index in [1.807, 2.05) is 18.2 Å². The number of aromatic nitrogens is 2. The molecule has 1 aromatic heterocycles. The smallest absolute Gasteiger partial charge is 0.140 e. The minimum atomic E-state index is 0.451. The summed E-state index contributed by atoms with van der Waals surface area (Å²) in [4.78, 5) is 8.05. The van der Waals surface area contributed by atoms with Gasteiger partial charge < -0.3 is 5.73 Å². The van der Waals surface area contributed by atoms with E-state index in [9.17, 15) is 0 Å². The highest BCUT2D eigenvalue weighted by Crippen LogP contribution is 2.19. The monoisotopic (exact) mass is 231 g/mol. The van der Waals surface area contributed by atoms with Gasteiger partial charge in [0.2, 0.25) is 0 Å². The summed E-state index contributed by atoms with van der Waals surface area (Å²) < 4.78 is 0. The van der Waals surface area contributed by atoms with Gasteiger partial charge in [0.25, 0.3) is 0 Å². The van der Waals surface area contributed by atoms with Gasteiger partial charge in [-0.15, -0.1) is 0 Å². The van der Waals surface area contributed by atoms with Gasteiger partial charge in [-0.1, -0.05) is 23.4 Å². The summed E-state index contributed by atoms with van der Waals surface area (Å²) in [7, 11) is 0. The molecule has 0 amide bonds. The lowest BCUT2D eigenvalue weighted by molar-refractivity contribution is 1.03. The van der Waals surface area contributed by atoms with Gasteiger partial charge >= 0.3 is 0 Å². The Bertz CT molecular complexity index is 569. The Morgan fingerprint density at radius 2 is 2.19 bits per heavy atom. The van der Waals surface area contributed by atoms with Crippen molar-refractivity contribution in [3.8, 4) is 11.8 Å². The first-order valence-electron chi connectivity index (χ1n) is 4.90. The van der Waals surface area contributed by atoms with Crippen LogP contribution in [0.15, 0.2) is 24.5 Å². The zero-order valence-corrected chi connectivity index (χ0v) is 9.33. The Hall–Kier alpha value is -1.63. The first-order valence-corrected chi connectivity index (χ1v) is 5.28. The number of hydrogen-bond acceptors (Lipinski definition) is 3. The van der Waals surface area contributed by atoms with E-state index in [1.165, 1.54) is 6.33 Å². The van der Waals surface area contributed by atoms with Crippen LogP contribution in [-0.4, -0.2) is 16.5 Å². The van der Waals surface area contributed by atoms with Crippen molar-refractivity contribution < 1.29 is 0 Å². The lowest BCUT2D eigenvalue weighted by Gasteiger charge is -1.98. The standard InChI is InChI=1S/C12H10ClN3/c13-12-10-7-9(3-1-2-6-14)4-5-11(10)15-8-16-12/h4-5,7-8H,2,6,14H2. The molecular weight excluding hydrogens is 222 g/mol. The summed E-state index contributed by atoms with van der Waals surface area (Å²) in [5.74, 6) is 6.00. The number of nitrogens with two attached hydrogens (primary N) is 1. The Labute approximate surface area is 98.7 Å². The molecule has 80 valence electrons. The van der Waals surface area contributed by atoms with Crippen LogP contribution in [-0.2, 0) is 0 Å². The van der Waals surface area contributed by atoms with E-state index >= 15 is 0 Å². The lowest BCUT2D eigenvalue weighted by atomic mass is 10.1. The van der Waals surface area contributed by atoms with Crippen LogP contribution in [0.5, 0.6) is 0 Å². The van der Waals surface area contributed by atoms with Gasteiger partial charge in [-0.25, -0.2) is 9.97 Å². The van der Waals surface area contributed by atoms with E-state index in [0.717, 1.165) is 16.5 Å². The van der Waals surface area contributed by atoms with Crippen LogP contribution in [0.4, 0.5) is 0 Å². The van der Waals surface area contributed by atoms with E-state index in [4.69, 9.17) is 17.3 Å². The highest BCUT2D eigenvalue weighted by molar-refractivity contribution is 6.34. The Morgan fingerprint density at radius 1 is 1.31 bits per heavy atom. The molecule has 4 heteroatoms. The number of rotatable bonds is 1. The predicted molar refractivity (Wildman–Crippen MR) is 65.1 cm³/mol. The SMILES string of the molecule is NCCC#Cc1ccc2ncnc(Cl)c2c1. The van der Waals surface area contributed by atoms with Gasteiger partial charge in [0.15, 0.2) is 0 Å². The van der Waals surface area contributed by atoms with Gasteiger partial charge in [-0.3, -0.25) is 0 Å². The predicted octanol–water partition coefficient (Wildman–Crippen LogP) is 1.98. The fourth-order valence-corrected chi connectivity index (χ4v) is 1.53. The highest BCUT2D eigenvalue weighted by atomic mass is 35.5. The molecule has 1 aromatic carbocycles. The summed E-state index contributed by atoms with van der Waals surface area (Å²) in [6.07, 6.45) is 2.14. The minimum absolute atomic E-state index is 0.451. The third-order valence-electron chi connectivity index (χ3n) is 2.09. The molecule has 0 aliphatic rings. The number of hydrogen-bond donors (Lipinski definition) is 1. The van der Waals surface area contributed by atoms with Gasteiger partial charge in [0, 0.05) is 23.9 Å². The molecular formula is C12H10ClN3. The fourth-order valence-electron chi connectivity index (χ4n) is 1.34. The first kappa shape index (κ1) is 10.9. The van der Waals surface area contributed by atoms with Crippen LogP contribution >= 0.6 is 11.6 Å². The van der Waals surface area contributed by atoms with Gasteiger partial charge in [-0.05, 0) is 18.2 Å². The van der Waals surface area contributed by atoms with E-state index in [2.05, 4.69) is 21.8 Å². The van der Waals surface area contributed by atoms with Crippen molar-refractivity contribution in [2.75, 3.05) is 6.54 Å². The molecule has 0 fully saturated rings. The maximum absolute atomic E-state index is 5.97. The van der Waals surface area contributed by atoms with Crippen molar-refractivity contribution in [1.82, 2.24) is 9.97 Å². The normalized spacial score (nSPS) is 9.88. The highest BCUT2D eigenvalue weighted by Gasteiger charge is 2.00. The molecule has 0 radical (unpaired) electrons. The maximum atomic E-state index is 5.97. The van der Waals surface area contributed by atoms with E-state index < -0.39 is 0 Å². The average molecular weight is 232 g/mol. The molecule has 0 unspecified atom stereocenters. The van der Waals surface area contributed by atoms with Crippen LogP contribution < -0.4 is 5.73 Å². The largest absolute Gasteiger partial charge is 0.330 e. The third-order valence-corrected chi connectivity index (χ3v) is 2.39. The van der Waals surface area contributed by atoms with E-state index in [0.29, 0.717) is 18.1 Å². The Kier molecular flexibility index (Phi) is 3.35. The summed E-state index contributed by atoms with van der Waals surface area (Å²) in [5, 5.41) is 1.27. The summed E-state index contributed by atoms with van der Waals surface area (Å²) in [5.41, 5.74) is 7.09. The number of nitrogens with zero attached hydrogens (tertiary/aromatic N) is 2. The Balaban J connectivity index is 2.44. The molecule has 1 heterocycles. The average Bonchev–Trinajstić information content (AvgIpc) is 2.30. The van der Waals surface area contributed by atoms with Crippen molar-refractivity contribution in [3.63, 3.8) is 0 Å². The first-order chi connectivity index (χ1) is 7.81. The molecule has 0 saturated heterocycles. The van der Waals surface area contributed by atoms with Crippen LogP contribution in [0.1, 0.15) is 12.0 Å². The molecule has 0 spiro atoms. The number of fused-ring (bicyclic) bond motifs is 1. The fraction of sp³-hybridized carbons (Fsp3) is 0.167. The quantitative estimate of drug-likeness (QED) is 0.603. The number of benzene rings is 1. The van der Waals surface area contributed by atoms with Crippen LogP contribution in [0.25, 0.3) is 10.9 Å². The zero-order valence-electron chi connectivity index (χ0n) is 8.57. The molecule has 0 bridgehead atoms. The molecule has 16 heavy (non-hydrogen) atoms. The van der Waals surface area contributed by atoms with Crippen molar-refractivity contribution in [2.45, 2.75) is 6.42 Å². The van der Waals surface area contributed by atoms with Crippen LogP contribution in [0.3, 0.4) is 0 Å². The molecule has 0 saturated carbocycles. The molecule has 2 rings (SSSR count). The number of halogens is 1. The topological polar surface area (TPSA) is 51.8 Å². The summed E-state index contributed by atoms with van der Waals surface area (Å²) >= 11 is 5.97. The summed E-state index contributed by atoms with van der Waals surface area (Å²) in [6.45, 7) is 0.574. The zero-order chi connectivity index (χ0) is 11.4. The Morgan fingerprint density at radius 3 is 3.00 bits per heavy atom. The molecule has 0 atom stereocenters.